The zero-order chi connectivity index (χ0) is 15.4. The Morgan fingerprint density at radius 3 is 2.43 bits per heavy atom. The van der Waals surface area contributed by atoms with Crippen molar-refractivity contribution in [2.24, 2.45) is 0 Å². The van der Waals surface area contributed by atoms with E-state index in [1.807, 2.05) is 31.2 Å². The fraction of sp³-hybridized carbons (Fsp3) is 0.312. The molecule has 2 aromatic rings. The molecule has 2 N–H and O–H groups in total. The van der Waals surface area contributed by atoms with E-state index in [0.29, 0.717) is 17.2 Å². The van der Waals surface area contributed by atoms with Crippen molar-refractivity contribution in [3.63, 3.8) is 0 Å². The van der Waals surface area contributed by atoms with Crippen LogP contribution in [-0.4, -0.2) is 19.7 Å². The van der Waals surface area contributed by atoms with Gasteiger partial charge < -0.3 is 15.2 Å². The molecule has 4 nitrogen and oxygen atoms in total. The lowest BCUT2D eigenvalue weighted by molar-refractivity contribution is 0.0529. The summed E-state index contributed by atoms with van der Waals surface area (Å²) in [5.41, 5.74) is 8.34. The van der Waals surface area contributed by atoms with Crippen molar-refractivity contribution in [3.05, 3.63) is 34.7 Å². The summed E-state index contributed by atoms with van der Waals surface area (Å²) >= 11 is 1.45. The average Bonchev–Trinajstić information content (AvgIpc) is 2.84. The van der Waals surface area contributed by atoms with Crippen LogP contribution in [0.1, 0.15) is 29.1 Å². The highest BCUT2D eigenvalue weighted by Gasteiger charge is 2.23. The van der Waals surface area contributed by atoms with Crippen molar-refractivity contribution >= 4 is 22.3 Å². The van der Waals surface area contributed by atoms with E-state index in [-0.39, 0.29) is 5.97 Å². The van der Waals surface area contributed by atoms with E-state index in [0.717, 1.165) is 28.2 Å². The second-order valence-electron chi connectivity index (χ2n) is 4.44. The van der Waals surface area contributed by atoms with Crippen molar-refractivity contribution in [1.29, 1.82) is 0 Å². The minimum atomic E-state index is -0.364. The van der Waals surface area contributed by atoms with Gasteiger partial charge in [-0.3, -0.25) is 0 Å². The Kier molecular flexibility index (Phi) is 4.85. The number of nitrogens with two attached hydrogens (primary N) is 1. The minimum absolute atomic E-state index is 0.331. The Bertz CT molecular complexity index is 632. The molecule has 0 spiro atoms. The number of thiophene rings is 1. The van der Waals surface area contributed by atoms with Crippen molar-refractivity contribution in [1.82, 2.24) is 0 Å². The molecule has 2 rings (SSSR count). The molecule has 0 bridgehead atoms. The third-order valence-corrected chi connectivity index (χ3v) is 4.35. The van der Waals surface area contributed by atoms with Gasteiger partial charge in [0.25, 0.3) is 0 Å². The number of hydrogen-bond donors (Lipinski definition) is 1. The molecule has 0 fully saturated rings. The second-order valence-corrected chi connectivity index (χ2v) is 5.58. The molecular weight excluding hydrogens is 286 g/mol. The lowest BCUT2D eigenvalue weighted by Gasteiger charge is -2.08. The third kappa shape index (κ3) is 3.03. The Balaban J connectivity index is 2.56. The maximum absolute atomic E-state index is 12.2. The van der Waals surface area contributed by atoms with Crippen LogP contribution in [0.25, 0.3) is 11.1 Å². The van der Waals surface area contributed by atoms with E-state index >= 15 is 0 Å². The number of carbonyl (C=O) groups is 1. The van der Waals surface area contributed by atoms with Crippen LogP contribution in [0.5, 0.6) is 5.75 Å². The molecule has 1 aromatic heterocycles. The van der Waals surface area contributed by atoms with Crippen LogP contribution in [0.2, 0.25) is 0 Å². The van der Waals surface area contributed by atoms with Gasteiger partial charge in [-0.05, 0) is 31.0 Å². The monoisotopic (exact) mass is 305 g/mol. The van der Waals surface area contributed by atoms with Crippen LogP contribution in [0, 0.1) is 0 Å². The number of hydrogen-bond acceptors (Lipinski definition) is 5. The molecule has 0 saturated carbocycles. The van der Waals surface area contributed by atoms with Gasteiger partial charge in [-0.15, -0.1) is 11.3 Å². The van der Waals surface area contributed by atoms with Crippen molar-refractivity contribution in [3.8, 4) is 16.9 Å². The van der Waals surface area contributed by atoms with Gasteiger partial charge in [0.15, 0.2) is 0 Å². The lowest BCUT2D eigenvalue weighted by Crippen LogP contribution is -2.07. The van der Waals surface area contributed by atoms with Gasteiger partial charge in [0.1, 0.15) is 16.3 Å². The number of rotatable bonds is 5. The zero-order valence-electron chi connectivity index (χ0n) is 12.4. The second kappa shape index (κ2) is 6.63. The minimum Gasteiger partial charge on any atom is -0.497 e. The van der Waals surface area contributed by atoms with Crippen LogP contribution in [-0.2, 0) is 11.2 Å². The molecule has 21 heavy (non-hydrogen) atoms. The number of aryl methyl sites for hydroxylation is 1. The van der Waals surface area contributed by atoms with E-state index in [1.165, 1.54) is 11.3 Å². The molecule has 112 valence electrons. The van der Waals surface area contributed by atoms with E-state index in [9.17, 15) is 4.79 Å². The number of anilines is 1. The fourth-order valence-electron chi connectivity index (χ4n) is 2.22. The molecular formula is C16H19NO3S. The predicted molar refractivity (Wildman–Crippen MR) is 86.1 cm³/mol. The summed E-state index contributed by atoms with van der Waals surface area (Å²) in [7, 11) is 1.62. The average molecular weight is 305 g/mol. The van der Waals surface area contributed by atoms with Gasteiger partial charge in [-0.2, -0.15) is 0 Å². The van der Waals surface area contributed by atoms with Crippen LogP contribution >= 0.6 is 11.3 Å². The summed E-state index contributed by atoms with van der Waals surface area (Å²) in [5.74, 6) is 0.412. The highest BCUT2D eigenvalue weighted by atomic mass is 32.1. The number of methoxy groups -OCH3 is 1. The van der Waals surface area contributed by atoms with Gasteiger partial charge in [-0.25, -0.2) is 4.79 Å². The van der Waals surface area contributed by atoms with Crippen LogP contribution in [0.15, 0.2) is 24.3 Å². The Hall–Kier alpha value is -2.01. The molecule has 0 aliphatic rings. The number of esters is 1. The maximum atomic E-state index is 12.2. The third-order valence-electron chi connectivity index (χ3n) is 3.19. The molecule has 0 saturated heterocycles. The zero-order valence-corrected chi connectivity index (χ0v) is 13.3. The summed E-state index contributed by atoms with van der Waals surface area (Å²) in [6.45, 7) is 4.17. The predicted octanol–water partition coefficient (Wildman–Crippen LogP) is 3.75. The summed E-state index contributed by atoms with van der Waals surface area (Å²) in [6.07, 6.45) is 0.815. The fourth-order valence-corrected chi connectivity index (χ4v) is 3.23. The number of ether oxygens (including phenoxy) is 2. The highest BCUT2D eigenvalue weighted by Crippen LogP contribution is 2.39. The van der Waals surface area contributed by atoms with Crippen LogP contribution < -0.4 is 10.5 Å². The van der Waals surface area contributed by atoms with E-state index < -0.39 is 0 Å². The Morgan fingerprint density at radius 1 is 1.24 bits per heavy atom. The molecule has 1 aromatic carbocycles. The van der Waals surface area contributed by atoms with E-state index in [1.54, 1.807) is 14.0 Å². The smallest absolute Gasteiger partial charge is 0.341 e. The van der Waals surface area contributed by atoms with Crippen molar-refractivity contribution in [2.75, 3.05) is 19.5 Å². The van der Waals surface area contributed by atoms with Crippen LogP contribution in [0.4, 0.5) is 5.00 Å². The first kappa shape index (κ1) is 15.4. The summed E-state index contributed by atoms with van der Waals surface area (Å²) in [4.78, 5) is 13.3. The molecule has 0 amide bonds. The maximum Gasteiger partial charge on any atom is 0.341 e. The molecule has 0 radical (unpaired) electrons. The van der Waals surface area contributed by atoms with E-state index in [2.05, 4.69) is 0 Å². The quantitative estimate of drug-likeness (QED) is 0.855. The topological polar surface area (TPSA) is 61.5 Å². The van der Waals surface area contributed by atoms with Gasteiger partial charge >= 0.3 is 5.97 Å². The molecule has 5 heteroatoms. The SMILES string of the molecule is CCOC(=O)c1c(N)sc(CC)c1-c1ccc(OC)cc1. The largest absolute Gasteiger partial charge is 0.497 e. The summed E-state index contributed by atoms with van der Waals surface area (Å²) in [5, 5.41) is 0.510. The van der Waals surface area contributed by atoms with Gasteiger partial charge in [0.05, 0.1) is 13.7 Å². The van der Waals surface area contributed by atoms with Gasteiger partial charge in [0, 0.05) is 10.4 Å². The molecule has 0 unspecified atom stereocenters. The summed E-state index contributed by atoms with van der Waals surface area (Å²) in [6, 6.07) is 7.61. The lowest BCUT2D eigenvalue weighted by atomic mass is 10.00. The number of benzene rings is 1. The Morgan fingerprint density at radius 2 is 1.90 bits per heavy atom. The number of nitrogen functional groups attached to an aromatic ring is 1. The first-order valence-corrected chi connectivity index (χ1v) is 7.66. The highest BCUT2D eigenvalue weighted by molar-refractivity contribution is 7.17. The molecule has 0 atom stereocenters. The van der Waals surface area contributed by atoms with Crippen molar-refractivity contribution < 1.29 is 14.3 Å². The first-order chi connectivity index (χ1) is 10.1. The standard InChI is InChI=1S/C16H19NO3S/c1-4-12-13(10-6-8-11(19-3)9-7-10)14(15(17)21-12)16(18)20-5-2/h6-9H,4-5,17H2,1-3H3. The molecule has 0 aliphatic carbocycles. The molecule has 1 heterocycles. The van der Waals surface area contributed by atoms with Gasteiger partial charge in [-0.1, -0.05) is 19.1 Å². The van der Waals surface area contributed by atoms with Gasteiger partial charge in [0.2, 0.25) is 0 Å². The Labute approximate surface area is 128 Å². The van der Waals surface area contributed by atoms with Crippen LogP contribution in [0.3, 0.4) is 0 Å². The normalized spacial score (nSPS) is 10.4. The van der Waals surface area contributed by atoms with Crippen molar-refractivity contribution in [2.45, 2.75) is 20.3 Å². The summed E-state index contributed by atoms with van der Waals surface area (Å²) < 4.78 is 10.3. The first-order valence-electron chi connectivity index (χ1n) is 6.85. The molecule has 0 aliphatic heterocycles. The van der Waals surface area contributed by atoms with E-state index in [4.69, 9.17) is 15.2 Å². The number of carbonyl (C=O) groups excluding carboxylic acids is 1.